The third kappa shape index (κ3) is 2.83. The van der Waals surface area contributed by atoms with Gasteiger partial charge < -0.3 is 4.74 Å². The monoisotopic (exact) mass is 308 g/mol. The number of ether oxygens (including phenoxy) is 1. The van der Waals surface area contributed by atoms with Gasteiger partial charge in [0, 0.05) is 14.0 Å². The summed E-state index contributed by atoms with van der Waals surface area (Å²) in [5.74, 6) is 0.143. The molecule has 110 valence electrons. The second kappa shape index (κ2) is 5.70. The van der Waals surface area contributed by atoms with Crippen molar-refractivity contribution in [2.24, 2.45) is 7.05 Å². The summed E-state index contributed by atoms with van der Waals surface area (Å²) < 4.78 is 19.4. The van der Waals surface area contributed by atoms with Crippen molar-refractivity contribution in [3.63, 3.8) is 0 Å². The Morgan fingerprint density at radius 3 is 2.67 bits per heavy atom. The number of hydrogen-bond donors (Lipinski definition) is 0. The molecular formula is C14H14ClFN4O. The molecule has 0 aromatic carbocycles. The summed E-state index contributed by atoms with van der Waals surface area (Å²) in [5.41, 5.74) is 2.80. The van der Waals surface area contributed by atoms with Crippen LogP contribution in [0, 0.1) is 25.2 Å². The Morgan fingerprint density at radius 1 is 1.43 bits per heavy atom. The van der Waals surface area contributed by atoms with Crippen molar-refractivity contribution in [1.29, 1.82) is 5.26 Å². The van der Waals surface area contributed by atoms with Gasteiger partial charge in [-0.1, -0.05) is 11.6 Å². The first-order valence-electron chi connectivity index (χ1n) is 6.27. The van der Waals surface area contributed by atoms with Crippen molar-refractivity contribution < 1.29 is 9.13 Å². The van der Waals surface area contributed by atoms with E-state index < -0.39 is 6.36 Å². The molecule has 2 rings (SSSR count). The summed E-state index contributed by atoms with van der Waals surface area (Å²) in [6, 6.07) is 3.80. The van der Waals surface area contributed by atoms with E-state index in [4.69, 9.17) is 21.6 Å². The molecule has 0 spiro atoms. The predicted molar refractivity (Wildman–Crippen MR) is 76.8 cm³/mol. The zero-order chi connectivity index (χ0) is 15.7. The molecule has 0 saturated heterocycles. The first-order chi connectivity index (χ1) is 9.85. The van der Waals surface area contributed by atoms with E-state index >= 15 is 0 Å². The summed E-state index contributed by atoms with van der Waals surface area (Å²) in [4.78, 5) is 4.38. The minimum absolute atomic E-state index is 0.143. The molecule has 21 heavy (non-hydrogen) atoms. The Bertz CT molecular complexity index is 734. The van der Waals surface area contributed by atoms with Crippen LogP contribution < -0.4 is 4.74 Å². The van der Waals surface area contributed by atoms with Gasteiger partial charge >= 0.3 is 0 Å². The number of hydrogen-bond acceptors (Lipinski definition) is 4. The number of aryl methyl sites for hydroxylation is 3. The molecule has 2 heterocycles. The van der Waals surface area contributed by atoms with Gasteiger partial charge in [-0.2, -0.15) is 10.4 Å². The lowest BCUT2D eigenvalue weighted by Crippen LogP contribution is -2.07. The van der Waals surface area contributed by atoms with E-state index in [-0.39, 0.29) is 10.9 Å². The van der Waals surface area contributed by atoms with E-state index in [2.05, 4.69) is 16.2 Å². The fourth-order valence-corrected chi connectivity index (χ4v) is 2.27. The topological polar surface area (TPSA) is 63.7 Å². The normalized spacial score (nSPS) is 12.0. The molecule has 0 N–H and O–H groups in total. The quantitative estimate of drug-likeness (QED) is 0.872. The Hall–Kier alpha value is -2.13. The molecule has 2 aromatic heterocycles. The molecule has 2 aromatic rings. The smallest absolute Gasteiger partial charge is 0.237 e. The fraction of sp³-hybridized carbons (Fsp3) is 0.357. The maximum absolute atomic E-state index is 13.0. The van der Waals surface area contributed by atoms with Crippen molar-refractivity contribution in [3.05, 3.63) is 27.9 Å². The highest BCUT2D eigenvalue weighted by Gasteiger charge is 2.21. The van der Waals surface area contributed by atoms with E-state index in [1.807, 2.05) is 6.92 Å². The molecule has 1 atom stereocenters. The van der Waals surface area contributed by atoms with E-state index in [0.29, 0.717) is 22.6 Å². The van der Waals surface area contributed by atoms with Crippen molar-refractivity contribution in [3.8, 4) is 23.3 Å². The maximum atomic E-state index is 13.0. The third-order valence-corrected chi connectivity index (χ3v) is 3.30. The number of alkyl halides is 1. The largest absolute Gasteiger partial charge is 0.442 e. The van der Waals surface area contributed by atoms with Crippen LogP contribution in [0.1, 0.15) is 23.7 Å². The van der Waals surface area contributed by atoms with Gasteiger partial charge in [0.05, 0.1) is 17.0 Å². The zero-order valence-electron chi connectivity index (χ0n) is 12.1. The van der Waals surface area contributed by atoms with Crippen LogP contribution in [0.15, 0.2) is 6.07 Å². The van der Waals surface area contributed by atoms with Crippen molar-refractivity contribution in [1.82, 2.24) is 14.8 Å². The van der Waals surface area contributed by atoms with Gasteiger partial charge in [0.15, 0.2) is 0 Å². The lowest BCUT2D eigenvalue weighted by Gasteiger charge is -2.07. The van der Waals surface area contributed by atoms with E-state index in [1.54, 1.807) is 20.0 Å². The highest BCUT2D eigenvalue weighted by molar-refractivity contribution is 6.34. The number of pyridine rings is 1. The predicted octanol–water partition coefficient (Wildman–Crippen LogP) is 3.32. The van der Waals surface area contributed by atoms with Gasteiger partial charge in [-0.15, -0.1) is 0 Å². The van der Waals surface area contributed by atoms with Gasteiger partial charge in [-0.05, 0) is 25.5 Å². The average molecular weight is 309 g/mol. The Kier molecular flexibility index (Phi) is 4.14. The maximum Gasteiger partial charge on any atom is 0.237 e. The lowest BCUT2D eigenvalue weighted by atomic mass is 10.1. The first kappa shape index (κ1) is 15.3. The second-order valence-electron chi connectivity index (χ2n) is 4.65. The molecule has 1 unspecified atom stereocenters. The average Bonchev–Trinajstić information content (AvgIpc) is 2.68. The summed E-state index contributed by atoms with van der Waals surface area (Å²) in [7, 11) is 1.61. The van der Waals surface area contributed by atoms with Gasteiger partial charge in [-0.25, -0.2) is 14.1 Å². The summed E-state index contributed by atoms with van der Waals surface area (Å²) in [6.45, 7) is 4.81. The minimum Gasteiger partial charge on any atom is -0.442 e. The van der Waals surface area contributed by atoms with E-state index in [9.17, 15) is 4.39 Å². The van der Waals surface area contributed by atoms with Gasteiger partial charge in [-0.3, -0.25) is 0 Å². The molecule has 0 bridgehead atoms. The van der Waals surface area contributed by atoms with E-state index in [1.165, 1.54) is 11.6 Å². The highest BCUT2D eigenvalue weighted by Crippen LogP contribution is 2.36. The molecule has 0 saturated carbocycles. The number of rotatable bonds is 3. The summed E-state index contributed by atoms with van der Waals surface area (Å²) in [6.07, 6.45) is -1.50. The standard InChI is InChI=1S/C14H14ClFN4O/c1-7-5-10(6-17)8(2)18-12(7)13-11(15)14(20(4)19-13)21-9(3)16/h5,9H,1-4H3. The van der Waals surface area contributed by atoms with Crippen LogP contribution in [-0.4, -0.2) is 21.1 Å². The number of aromatic nitrogens is 3. The van der Waals surface area contributed by atoms with Crippen LogP contribution >= 0.6 is 11.6 Å². The number of nitrogens with zero attached hydrogens (tertiary/aromatic N) is 4. The molecular weight excluding hydrogens is 295 g/mol. The molecule has 0 amide bonds. The van der Waals surface area contributed by atoms with Crippen LogP contribution in [-0.2, 0) is 7.05 Å². The van der Waals surface area contributed by atoms with Crippen LogP contribution in [0.5, 0.6) is 5.88 Å². The Balaban J connectivity index is 2.58. The number of nitriles is 1. The Morgan fingerprint density at radius 2 is 2.10 bits per heavy atom. The molecule has 7 heteroatoms. The fourth-order valence-electron chi connectivity index (χ4n) is 1.97. The van der Waals surface area contributed by atoms with Crippen LogP contribution in [0.4, 0.5) is 4.39 Å². The van der Waals surface area contributed by atoms with Crippen LogP contribution in [0.2, 0.25) is 5.02 Å². The molecule has 5 nitrogen and oxygen atoms in total. The van der Waals surface area contributed by atoms with Crippen molar-refractivity contribution in [2.45, 2.75) is 27.1 Å². The number of halogens is 2. The van der Waals surface area contributed by atoms with Gasteiger partial charge in [0.25, 0.3) is 0 Å². The second-order valence-corrected chi connectivity index (χ2v) is 5.03. The van der Waals surface area contributed by atoms with Crippen molar-refractivity contribution >= 4 is 11.6 Å². The lowest BCUT2D eigenvalue weighted by molar-refractivity contribution is 0.0763. The zero-order valence-corrected chi connectivity index (χ0v) is 12.9. The molecule has 0 fully saturated rings. The summed E-state index contributed by atoms with van der Waals surface area (Å²) in [5, 5.41) is 13.4. The van der Waals surface area contributed by atoms with Crippen LogP contribution in [0.25, 0.3) is 11.4 Å². The minimum atomic E-state index is -1.50. The first-order valence-corrected chi connectivity index (χ1v) is 6.64. The SMILES string of the molecule is Cc1cc(C#N)c(C)nc1-c1nn(C)c(OC(C)F)c1Cl. The molecule has 0 radical (unpaired) electrons. The van der Waals surface area contributed by atoms with E-state index in [0.717, 1.165) is 5.56 Å². The third-order valence-electron chi connectivity index (χ3n) is 2.96. The highest BCUT2D eigenvalue weighted by atomic mass is 35.5. The van der Waals surface area contributed by atoms with Gasteiger partial charge in [0.2, 0.25) is 12.2 Å². The molecule has 0 aliphatic heterocycles. The Labute approximate surface area is 126 Å². The molecule has 0 aliphatic carbocycles. The van der Waals surface area contributed by atoms with Crippen LogP contribution in [0.3, 0.4) is 0 Å². The summed E-state index contributed by atoms with van der Waals surface area (Å²) >= 11 is 6.23. The van der Waals surface area contributed by atoms with Gasteiger partial charge in [0.1, 0.15) is 16.8 Å². The van der Waals surface area contributed by atoms with Crippen molar-refractivity contribution in [2.75, 3.05) is 0 Å². The molecule has 0 aliphatic rings.